The standard InChI is InChI=1S/C21H22N2O/c24-21-20-15-23(13-16-8-4-3-5-9-16)14-19(20)18-11-7-2-1-6-10-17(18)12-22-21/h1-11,19-20H,12-15H2,(H,22,24). The van der Waals surface area contributed by atoms with Gasteiger partial charge in [0.25, 0.3) is 0 Å². The lowest BCUT2D eigenvalue weighted by Crippen LogP contribution is -2.33. The zero-order valence-electron chi connectivity index (χ0n) is 13.7. The van der Waals surface area contributed by atoms with Crippen molar-refractivity contribution in [1.29, 1.82) is 0 Å². The van der Waals surface area contributed by atoms with Crippen LogP contribution in [0.1, 0.15) is 5.56 Å². The molecule has 0 bridgehead atoms. The summed E-state index contributed by atoms with van der Waals surface area (Å²) in [6.45, 7) is 3.31. The Hall–Kier alpha value is -2.39. The summed E-state index contributed by atoms with van der Waals surface area (Å²) in [7, 11) is 0. The van der Waals surface area contributed by atoms with Crippen molar-refractivity contribution in [1.82, 2.24) is 10.2 Å². The van der Waals surface area contributed by atoms with Crippen molar-refractivity contribution in [3.63, 3.8) is 0 Å². The molecule has 2 aliphatic heterocycles. The lowest BCUT2D eigenvalue weighted by molar-refractivity contribution is -0.124. The van der Waals surface area contributed by atoms with E-state index >= 15 is 0 Å². The van der Waals surface area contributed by atoms with Gasteiger partial charge in [-0.05, 0) is 16.7 Å². The van der Waals surface area contributed by atoms with Gasteiger partial charge in [0.2, 0.25) is 5.91 Å². The van der Waals surface area contributed by atoms with Crippen molar-refractivity contribution in [3.8, 4) is 0 Å². The zero-order chi connectivity index (χ0) is 16.4. The van der Waals surface area contributed by atoms with Gasteiger partial charge in [0.15, 0.2) is 0 Å². The molecule has 24 heavy (non-hydrogen) atoms. The third kappa shape index (κ3) is 3.00. The molecule has 1 saturated heterocycles. The van der Waals surface area contributed by atoms with Crippen molar-refractivity contribution in [2.45, 2.75) is 6.54 Å². The normalized spacial score (nSPS) is 26.4. The van der Waals surface area contributed by atoms with Crippen LogP contribution in [0.3, 0.4) is 0 Å². The molecule has 1 N–H and O–H groups in total. The van der Waals surface area contributed by atoms with Crippen LogP contribution in [0.15, 0.2) is 77.9 Å². The number of nitrogens with zero attached hydrogens (tertiary/aromatic N) is 1. The van der Waals surface area contributed by atoms with Crippen molar-refractivity contribution in [2.75, 3.05) is 19.6 Å². The van der Waals surface area contributed by atoms with Crippen molar-refractivity contribution in [3.05, 3.63) is 83.5 Å². The molecule has 1 aromatic carbocycles. The summed E-state index contributed by atoms with van der Waals surface area (Å²) in [6, 6.07) is 10.5. The molecule has 0 radical (unpaired) electrons. The van der Waals surface area contributed by atoms with Crippen molar-refractivity contribution >= 4 is 5.91 Å². The smallest absolute Gasteiger partial charge is 0.225 e. The highest BCUT2D eigenvalue weighted by atomic mass is 16.2. The highest BCUT2D eigenvalue weighted by Gasteiger charge is 2.40. The minimum absolute atomic E-state index is 0.0441. The Kier molecular flexibility index (Phi) is 4.18. The van der Waals surface area contributed by atoms with E-state index in [9.17, 15) is 4.79 Å². The van der Waals surface area contributed by atoms with E-state index in [1.807, 2.05) is 18.2 Å². The fourth-order valence-electron chi connectivity index (χ4n) is 3.94. The molecule has 1 aliphatic carbocycles. The first kappa shape index (κ1) is 15.2. The third-order valence-electron chi connectivity index (χ3n) is 5.11. The van der Waals surface area contributed by atoms with Crippen LogP contribution in [0.4, 0.5) is 0 Å². The highest BCUT2D eigenvalue weighted by Crippen LogP contribution is 2.35. The molecule has 0 spiro atoms. The van der Waals surface area contributed by atoms with Crippen molar-refractivity contribution in [2.24, 2.45) is 11.8 Å². The Morgan fingerprint density at radius 3 is 2.54 bits per heavy atom. The van der Waals surface area contributed by atoms with E-state index in [1.165, 1.54) is 16.7 Å². The lowest BCUT2D eigenvalue weighted by atomic mass is 9.86. The maximum absolute atomic E-state index is 12.6. The maximum Gasteiger partial charge on any atom is 0.225 e. The number of fused-ring (bicyclic) bond motifs is 2. The topological polar surface area (TPSA) is 32.3 Å². The Morgan fingerprint density at radius 2 is 1.71 bits per heavy atom. The third-order valence-corrected chi connectivity index (χ3v) is 5.11. The van der Waals surface area contributed by atoms with Crippen LogP contribution in [-0.4, -0.2) is 30.4 Å². The molecule has 3 aliphatic rings. The second-order valence-electron chi connectivity index (χ2n) is 6.69. The fraction of sp³-hybridized carbons (Fsp3) is 0.286. The fourth-order valence-corrected chi connectivity index (χ4v) is 3.94. The molecular formula is C21H22N2O. The minimum Gasteiger partial charge on any atom is -0.352 e. The first-order valence-electron chi connectivity index (χ1n) is 8.60. The van der Waals surface area contributed by atoms with Gasteiger partial charge in [0, 0.05) is 32.1 Å². The van der Waals surface area contributed by atoms with Crippen LogP contribution in [0.5, 0.6) is 0 Å². The monoisotopic (exact) mass is 318 g/mol. The molecule has 1 aromatic rings. The number of rotatable bonds is 2. The average molecular weight is 318 g/mol. The first-order valence-corrected chi connectivity index (χ1v) is 8.60. The highest BCUT2D eigenvalue weighted by molar-refractivity contribution is 5.81. The number of hydrogen-bond donors (Lipinski definition) is 1. The van der Waals surface area contributed by atoms with Gasteiger partial charge in [-0.25, -0.2) is 0 Å². The SMILES string of the molecule is O=C1NCC2=C(C=CC=CC=C2)C2CN(Cc3ccccc3)CC12. The average Bonchev–Trinajstić information content (AvgIpc) is 2.94. The second kappa shape index (κ2) is 6.62. The summed E-state index contributed by atoms with van der Waals surface area (Å²) in [6.07, 6.45) is 12.6. The van der Waals surface area contributed by atoms with Gasteiger partial charge in [-0.3, -0.25) is 9.69 Å². The molecule has 1 amide bonds. The van der Waals surface area contributed by atoms with E-state index in [-0.39, 0.29) is 17.7 Å². The summed E-state index contributed by atoms with van der Waals surface area (Å²) in [4.78, 5) is 15.0. The summed E-state index contributed by atoms with van der Waals surface area (Å²) < 4.78 is 0. The first-order chi connectivity index (χ1) is 11.8. The Bertz CT molecular complexity index is 742. The number of carbonyl (C=O) groups excluding carboxylic acids is 1. The van der Waals surface area contributed by atoms with Gasteiger partial charge >= 0.3 is 0 Å². The number of likely N-dealkylation sites (tertiary alicyclic amines) is 1. The number of nitrogens with one attached hydrogen (secondary N) is 1. The number of benzene rings is 1. The molecule has 3 nitrogen and oxygen atoms in total. The molecule has 1 fully saturated rings. The number of allylic oxidation sites excluding steroid dienone is 5. The van der Waals surface area contributed by atoms with Gasteiger partial charge in [0.1, 0.15) is 0 Å². The quantitative estimate of drug-likeness (QED) is 0.909. The van der Waals surface area contributed by atoms with Gasteiger partial charge < -0.3 is 5.32 Å². The molecule has 0 saturated carbocycles. The van der Waals surface area contributed by atoms with E-state index in [1.54, 1.807) is 0 Å². The maximum atomic E-state index is 12.6. The lowest BCUT2D eigenvalue weighted by Gasteiger charge is -2.18. The van der Waals surface area contributed by atoms with Gasteiger partial charge in [-0.15, -0.1) is 0 Å². The van der Waals surface area contributed by atoms with Gasteiger partial charge in [-0.2, -0.15) is 0 Å². The van der Waals surface area contributed by atoms with Crippen LogP contribution < -0.4 is 5.32 Å². The van der Waals surface area contributed by atoms with Crippen molar-refractivity contribution < 1.29 is 4.79 Å². The number of hydrogen-bond acceptors (Lipinski definition) is 2. The van der Waals surface area contributed by atoms with Gasteiger partial charge in [0.05, 0.1) is 5.92 Å². The molecule has 4 rings (SSSR count). The molecule has 2 unspecified atom stereocenters. The molecule has 2 heterocycles. The summed E-state index contributed by atoms with van der Waals surface area (Å²) >= 11 is 0. The Balaban J connectivity index is 1.61. The zero-order valence-corrected chi connectivity index (χ0v) is 13.7. The summed E-state index contributed by atoms with van der Waals surface area (Å²) in [5.74, 6) is 0.512. The van der Waals surface area contributed by atoms with Crippen LogP contribution in [-0.2, 0) is 11.3 Å². The molecule has 122 valence electrons. The van der Waals surface area contributed by atoms with E-state index in [2.05, 4.69) is 58.8 Å². The largest absolute Gasteiger partial charge is 0.352 e. The number of amides is 1. The summed E-state index contributed by atoms with van der Waals surface area (Å²) in [5.41, 5.74) is 3.85. The summed E-state index contributed by atoms with van der Waals surface area (Å²) in [5, 5.41) is 3.12. The van der Waals surface area contributed by atoms with Crippen LogP contribution >= 0.6 is 0 Å². The van der Waals surface area contributed by atoms with E-state index in [0.717, 1.165) is 19.6 Å². The van der Waals surface area contributed by atoms with E-state index in [4.69, 9.17) is 0 Å². The number of carbonyl (C=O) groups is 1. The second-order valence-corrected chi connectivity index (χ2v) is 6.69. The van der Waals surface area contributed by atoms with E-state index in [0.29, 0.717) is 6.54 Å². The molecule has 2 atom stereocenters. The van der Waals surface area contributed by atoms with Gasteiger partial charge in [-0.1, -0.05) is 66.8 Å². The van der Waals surface area contributed by atoms with Crippen LogP contribution in [0, 0.1) is 11.8 Å². The van der Waals surface area contributed by atoms with Crippen LogP contribution in [0.2, 0.25) is 0 Å². The van der Waals surface area contributed by atoms with Crippen LogP contribution in [0.25, 0.3) is 0 Å². The minimum atomic E-state index is 0.0441. The predicted molar refractivity (Wildman–Crippen MR) is 96.2 cm³/mol. The van der Waals surface area contributed by atoms with E-state index < -0.39 is 0 Å². The Morgan fingerprint density at radius 1 is 0.958 bits per heavy atom. The molecular weight excluding hydrogens is 296 g/mol. The predicted octanol–water partition coefficient (Wildman–Crippen LogP) is 2.84. The molecule has 0 aromatic heterocycles. The Labute approximate surface area is 143 Å². The molecule has 3 heteroatoms.